The Kier molecular flexibility index (Phi) is 6.05. The molecule has 0 spiro atoms. The maximum Gasteiger partial charge on any atom is 0.220 e. The quantitative estimate of drug-likeness (QED) is 0.575. The van der Waals surface area contributed by atoms with Crippen LogP contribution < -0.4 is 10.6 Å². The van der Waals surface area contributed by atoms with Crippen LogP contribution in [0.5, 0.6) is 0 Å². The Hall–Kier alpha value is -1.06. The van der Waals surface area contributed by atoms with Crippen LogP contribution in [-0.2, 0) is 9.59 Å². The highest BCUT2D eigenvalue weighted by Gasteiger charge is 1.97. The van der Waals surface area contributed by atoms with Gasteiger partial charge in [0.05, 0.1) is 0 Å². The van der Waals surface area contributed by atoms with Crippen LogP contribution in [0.3, 0.4) is 0 Å². The van der Waals surface area contributed by atoms with Gasteiger partial charge in [0.1, 0.15) is 0 Å². The Labute approximate surface area is 72.7 Å². The van der Waals surface area contributed by atoms with E-state index in [1.54, 1.807) is 0 Å². The summed E-state index contributed by atoms with van der Waals surface area (Å²) in [7, 11) is 0. The molecule has 70 valence electrons. The van der Waals surface area contributed by atoms with E-state index in [9.17, 15) is 9.59 Å². The summed E-state index contributed by atoms with van der Waals surface area (Å²) in [5, 5.41) is 5.27. The number of nitrogens with one attached hydrogen (secondary N) is 2. The monoisotopic (exact) mass is 172 g/mol. The second-order valence-electron chi connectivity index (χ2n) is 2.58. The predicted octanol–water partition coefficient (Wildman–Crippen LogP) is 0.0388. The van der Waals surface area contributed by atoms with Crippen LogP contribution in [0.4, 0.5) is 0 Å². The zero-order chi connectivity index (χ0) is 9.40. The summed E-state index contributed by atoms with van der Waals surface area (Å²) in [4.78, 5) is 21.3. The first kappa shape index (κ1) is 10.9. The van der Waals surface area contributed by atoms with E-state index in [0.29, 0.717) is 19.5 Å². The summed E-state index contributed by atoms with van der Waals surface area (Å²) in [5.41, 5.74) is 0. The molecule has 0 radical (unpaired) electrons. The van der Waals surface area contributed by atoms with Crippen LogP contribution in [0.2, 0.25) is 0 Å². The van der Waals surface area contributed by atoms with Gasteiger partial charge in [-0.1, -0.05) is 6.92 Å². The summed E-state index contributed by atoms with van der Waals surface area (Å²) < 4.78 is 0. The molecule has 0 aromatic carbocycles. The van der Waals surface area contributed by atoms with Crippen molar-refractivity contribution in [2.75, 3.05) is 13.1 Å². The lowest BCUT2D eigenvalue weighted by Crippen LogP contribution is -2.33. The average molecular weight is 172 g/mol. The van der Waals surface area contributed by atoms with E-state index in [0.717, 1.165) is 6.42 Å². The Balaban J connectivity index is 3.19. The van der Waals surface area contributed by atoms with Crippen LogP contribution in [0.15, 0.2) is 0 Å². The number of carbonyl (C=O) groups excluding carboxylic acids is 2. The lowest BCUT2D eigenvalue weighted by atomic mass is 10.3. The van der Waals surface area contributed by atoms with Crippen molar-refractivity contribution >= 4 is 11.8 Å². The molecule has 0 unspecified atom stereocenters. The molecule has 2 N–H and O–H groups in total. The minimum absolute atomic E-state index is 0.0443. The molecule has 0 saturated heterocycles. The fourth-order valence-corrected chi connectivity index (χ4v) is 0.756. The van der Waals surface area contributed by atoms with Gasteiger partial charge in [-0.15, -0.1) is 0 Å². The van der Waals surface area contributed by atoms with Crippen molar-refractivity contribution in [1.29, 1.82) is 0 Å². The number of hydrogen-bond acceptors (Lipinski definition) is 2. The van der Waals surface area contributed by atoms with Crippen molar-refractivity contribution in [3.63, 3.8) is 0 Å². The largest absolute Gasteiger partial charge is 0.355 e. The van der Waals surface area contributed by atoms with Gasteiger partial charge >= 0.3 is 0 Å². The average Bonchev–Trinajstić information content (AvgIpc) is 1.98. The molecule has 0 aliphatic carbocycles. The van der Waals surface area contributed by atoms with Crippen molar-refractivity contribution in [3.05, 3.63) is 0 Å². The molecule has 0 aromatic rings. The number of hydrogen-bond donors (Lipinski definition) is 2. The van der Waals surface area contributed by atoms with Crippen molar-refractivity contribution in [3.8, 4) is 0 Å². The second-order valence-corrected chi connectivity index (χ2v) is 2.58. The van der Waals surface area contributed by atoms with Crippen LogP contribution in [-0.4, -0.2) is 24.9 Å². The van der Waals surface area contributed by atoms with E-state index in [2.05, 4.69) is 10.6 Å². The minimum atomic E-state index is -0.0697. The predicted molar refractivity (Wildman–Crippen MR) is 46.6 cm³/mol. The third-order valence-electron chi connectivity index (χ3n) is 1.30. The molecule has 2 amide bonds. The highest BCUT2D eigenvalue weighted by Crippen LogP contribution is 1.83. The van der Waals surface area contributed by atoms with E-state index in [1.807, 2.05) is 6.92 Å². The summed E-state index contributed by atoms with van der Waals surface area (Å²) >= 11 is 0. The lowest BCUT2D eigenvalue weighted by molar-refractivity contribution is -0.122. The molecule has 4 nitrogen and oxygen atoms in total. The Morgan fingerprint density at radius 3 is 2.25 bits per heavy atom. The van der Waals surface area contributed by atoms with E-state index in [-0.39, 0.29) is 11.8 Å². The van der Waals surface area contributed by atoms with Crippen molar-refractivity contribution in [1.82, 2.24) is 10.6 Å². The molecule has 0 aromatic heterocycles. The molecule has 0 fully saturated rings. The molecule has 0 aliphatic rings. The van der Waals surface area contributed by atoms with Crippen LogP contribution >= 0.6 is 0 Å². The zero-order valence-corrected chi connectivity index (χ0v) is 7.64. The fraction of sp³-hybridized carbons (Fsp3) is 0.750. The van der Waals surface area contributed by atoms with Gasteiger partial charge in [-0.2, -0.15) is 0 Å². The van der Waals surface area contributed by atoms with Gasteiger partial charge in [-0.05, 0) is 6.42 Å². The first-order chi connectivity index (χ1) is 5.66. The van der Waals surface area contributed by atoms with Gasteiger partial charge in [0.25, 0.3) is 0 Å². The second kappa shape index (κ2) is 6.64. The summed E-state index contributed by atoms with van der Waals surface area (Å²) in [6.45, 7) is 4.42. The van der Waals surface area contributed by atoms with E-state index >= 15 is 0 Å². The Bertz CT molecular complexity index is 157. The van der Waals surface area contributed by atoms with Gasteiger partial charge in [-0.3, -0.25) is 9.59 Å². The maximum atomic E-state index is 10.9. The fourth-order valence-electron chi connectivity index (χ4n) is 0.756. The van der Waals surface area contributed by atoms with Crippen molar-refractivity contribution < 1.29 is 9.59 Å². The Morgan fingerprint density at radius 2 is 1.75 bits per heavy atom. The third-order valence-corrected chi connectivity index (χ3v) is 1.30. The summed E-state index contributed by atoms with van der Waals surface area (Å²) in [6, 6.07) is 0. The van der Waals surface area contributed by atoms with Crippen LogP contribution in [0.1, 0.15) is 26.7 Å². The third kappa shape index (κ3) is 7.05. The maximum absolute atomic E-state index is 10.9. The molecular weight excluding hydrogens is 156 g/mol. The van der Waals surface area contributed by atoms with Crippen LogP contribution in [0.25, 0.3) is 0 Å². The summed E-state index contributed by atoms with van der Waals surface area (Å²) in [5.74, 6) is -0.0254. The standard InChI is InChI=1S/C8H16N2O2/c1-3-4-8(12)10-6-5-9-7(2)11/h3-6H2,1-2H3,(H,9,11)(H,10,12). The molecule has 0 saturated carbocycles. The molecule has 0 atom stereocenters. The number of rotatable bonds is 5. The van der Waals surface area contributed by atoms with E-state index in [1.165, 1.54) is 6.92 Å². The molecule has 4 heteroatoms. The van der Waals surface area contributed by atoms with Gasteiger partial charge in [0.15, 0.2) is 0 Å². The first-order valence-corrected chi connectivity index (χ1v) is 4.18. The minimum Gasteiger partial charge on any atom is -0.355 e. The molecule has 0 bridgehead atoms. The van der Waals surface area contributed by atoms with Crippen molar-refractivity contribution in [2.45, 2.75) is 26.7 Å². The lowest BCUT2D eigenvalue weighted by Gasteiger charge is -2.03. The highest BCUT2D eigenvalue weighted by atomic mass is 16.2. The Morgan fingerprint density at radius 1 is 1.17 bits per heavy atom. The zero-order valence-electron chi connectivity index (χ0n) is 7.64. The van der Waals surface area contributed by atoms with Crippen LogP contribution in [0, 0.1) is 0 Å². The normalized spacial score (nSPS) is 9.17. The molecular formula is C8H16N2O2. The molecule has 0 heterocycles. The first-order valence-electron chi connectivity index (χ1n) is 4.18. The molecule has 12 heavy (non-hydrogen) atoms. The molecule has 0 aliphatic heterocycles. The van der Waals surface area contributed by atoms with Crippen molar-refractivity contribution in [2.24, 2.45) is 0 Å². The topological polar surface area (TPSA) is 58.2 Å². The van der Waals surface area contributed by atoms with E-state index in [4.69, 9.17) is 0 Å². The highest BCUT2D eigenvalue weighted by molar-refractivity contribution is 5.76. The smallest absolute Gasteiger partial charge is 0.220 e. The van der Waals surface area contributed by atoms with Gasteiger partial charge < -0.3 is 10.6 Å². The SMILES string of the molecule is CCCC(=O)NCCNC(C)=O. The van der Waals surface area contributed by atoms with Gasteiger partial charge in [0.2, 0.25) is 11.8 Å². The number of amides is 2. The van der Waals surface area contributed by atoms with Gasteiger partial charge in [0, 0.05) is 26.4 Å². The van der Waals surface area contributed by atoms with E-state index < -0.39 is 0 Å². The number of carbonyl (C=O) groups is 2. The molecule has 0 rings (SSSR count). The van der Waals surface area contributed by atoms with Gasteiger partial charge in [-0.25, -0.2) is 0 Å². The summed E-state index contributed by atoms with van der Waals surface area (Å²) in [6.07, 6.45) is 1.41.